The number of anilines is 3. The molecule has 0 radical (unpaired) electrons. The van der Waals surface area contributed by atoms with Crippen LogP contribution in [0.25, 0.3) is 0 Å². The zero-order valence-corrected chi connectivity index (χ0v) is 13.1. The Morgan fingerprint density at radius 1 is 0.857 bits per heavy atom. The molecule has 0 unspecified atom stereocenters. The average Bonchev–Trinajstić information content (AvgIpc) is 2.50. The highest BCUT2D eigenvalue weighted by Crippen LogP contribution is 2.31. The van der Waals surface area contributed by atoms with Crippen LogP contribution in [0.5, 0.6) is 0 Å². The highest BCUT2D eigenvalue weighted by molar-refractivity contribution is 6.33. The Morgan fingerprint density at radius 2 is 1.52 bits per heavy atom. The van der Waals surface area contributed by atoms with E-state index in [4.69, 9.17) is 28.9 Å². The summed E-state index contributed by atoms with van der Waals surface area (Å²) in [4.78, 5) is 4.62. The summed E-state index contributed by atoms with van der Waals surface area (Å²) in [6.07, 6.45) is 0. The first kappa shape index (κ1) is 14.4. The maximum atomic E-state index is 6.10. The second-order valence-corrected chi connectivity index (χ2v) is 5.97. The number of hydrogen-bond donors (Lipinski definition) is 1. The first-order valence-corrected chi connectivity index (χ1v) is 7.70. The van der Waals surface area contributed by atoms with Gasteiger partial charge in [-0.05, 0) is 30.3 Å². The Labute approximate surface area is 134 Å². The molecule has 2 N–H and O–H groups in total. The lowest BCUT2D eigenvalue weighted by Crippen LogP contribution is -2.46. The minimum Gasteiger partial charge on any atom is -0.396 e. The summed E-state index contributed by atoms with van der Waals surface area (Å²) in [6, 6.07) is 13.8. The molecule has 3 rings (SSSR count). The van der Waals surface area contributed by atoms with Gasteiger partial charge in [-0.3, -0.25) is 0 Å². The number of hydrogen-bond acceptors (Lipinski definition) is 3. The molecule has 0 atom stereocenters. The highest BCUT2D eigenvalue weighted by Gasteiger charge is 2.19. The van der Waals surface area contributed by atoms with E-state index >= 15 is 0 Å². The van der Waals surface area contributed by atoms with Gasteiger partial charge in [0.1, 0.15) is 0 Å². The van der Waals surface area contributed by atoms with Crippen LogP contribution < -0.4 is 15.5 Å². The fourth-order valence-electron chi connectivity index (χ4n) is 2.68. The van der Waals surface area contributed by atoms with E-state index in [1.807, 2.05) is 36.4 Å². The van der Waals surface area contributed by atoms with Crippen LogP contribution in [0.4, 0.5) is 17.1 Å². The van der Waals surface area contributed by atoms with Crippen LogP contribution in [0.2, 0.25) is 10.0 Å². The smallest absolute Gasteiger partial charge is 0.0741 e. The van der Waals surface area contributed by atoms with Crippen LogP contribution in [0.3, 0.4) is 0 Å². The molecule has 1 saturated heterocycles. The molecule has 0 aliphatic carbocycles. The summed E-state index contributed by atoms with van der Waals surface area (Å²) in [5, 5.41) is 1.39. The Balaban J connectivity index is 1.72. The molecule has 2 aromatic rings. The van der Waals surface area contributed by atoms with Crippen molar-refractivity contribution in [3.63, 3.8) is 0 Å². The number of piperazine rings is 1. The standard InChI is InChI=1S/C16H17Cl2N3/c17-12-3-1-4-13(11-12)20-7-9-21(10-8-20)15-6-2-5-14(18)16(15)19/h1-6,11H,7-10,19H2. The van der Waals surface area contributed by atoms with Crippen LogP contribution in [0.15, 0.2) is 42.5 Å². The molecule has 1 fully saturated rings. The topological polar surface area (TPSA) is 32.5 Å². The van der Waals surface area contributed by atoms with Crippen molar-refractivity contribution in [3.8, 4) is 0 Å². The minimum atomic E-state index is 0.616. The van der Waals surface area contributed by atoms with Crippen LogP contribution in [0.1, 0.15) is 0 Å². The molecule has 0 aromatic heterocycles. The second kappa shape index (κ2) is 6.04. The van der Waals surface area contributed by atoms with Crippen molar-refractivity contribution in [2.45, 2.75) is 0 Å². The van der Waals surface area contributed by atoms with Crippen LogP contribution in [-0.4, -0.2) is 26.2 Å². The van der Waals surface area contributed by atoms with E-state index in [2.05, 4.69) is 15.9 Å². The van der Waals surface area contributed by atoms with Gasteiger partial charge in [-0.25, -0.2) is 0 Å². The fraction of sp³-hybridized carbons (Fsp3) is 0.250. The summed E-state index contributed by atoms with van der Waals surface area (Å²) in [6.45, 7) is 3.70. The van der Waals surface area contributed by atoms with Gasteiger partial charge in [0.2, 0.25) is 0 Å². The Hall–Kier alpha value is -1.58. The maximum absolute atomic E-state index is 6.10. The van der Waals surface area contributed by atoms with Crippen molar-refractivity contribution in [3.05, 3.63) is 52.5 Å². The molecule has 0 bridgehead atoms. The maximum Gasteiger partial charge on any atom is 0.0741 e. The molecule has 2 aromatic carbocycles. The van der Waals surface area contributed by atoms with E-state index in [1.165, 1.54) is 5.69 Å². The quantitative estimate of drug-likeness (QED) is 0.851. The molecule has 1 heterocycles. The number of rotatable bonds is 2. The van der Waals surface area contributed by atoms with E-state index < -0.39 is 0 Å². The molecular weight excluding hydrogens is 305 g/mol. The summed E-state index contributed by atoms with van der Waals surface area (Å²) >= 11 is 12.2. The molecule has 1 aliphatic heterocycles. The van der Waals surface area contributed by atoms with Crippen LogP contribution in [0, 0.1) is 0 Å². The van der Waals surface area contributed by atoms with Crippen molar-refractivity contribution in [1.82, 2.24) is 0 Å². The van der Waals surface area contributed by atoms with Crippen molar-refractivity contribution < 1.29 is 0 Å². The molecule has 1 aliphatic rings. The number of nitrogen functional groups attached to an aromatic ring is 1. The molecule has 0 saturated carbocycles. The van der Waals surface area contributed by atoms with E-state index in [0.717, 1.165) is 36.9 Å². The molecular formula is C16H17Cl2N3. The predicted octanol–water partition coefficient (Wildman–Crippen LogP) is 3.90. The molecule has 110 valence electrons. The zero-order valence-electron chi connectivity index (χ0n) is 11.6. The van der Waals surface area contributed by atoms with Crippen molar-refractivity contribution >= 4 is 40.3 Å². The van der Waals surface area contributed by atoms with Crippen molar-refractivity contribution in [2.24, 2.45) is 0 Å². The van der Waals surface area contributed by atoms with E-state index in [9.17, 15) is 0 Å². The zero-order chi connectivity index (χ0) is 14.8. The van der Waals surface area contributed by atoms with Crippen LogP contribution in [-0.2, 0) is 0 Å². The van der Waals surface area contributed by atoms with Gasteiger partial charge in [-0.15, -0.1) is 0 Å². The Bertz CT molecular complexity index is 637. The molecule has 0 spiro atoms. The lowest BCUT2D eigenvalue weighted by molar-refractivity contribution is 0.654. The lowest BCUT2D eigenvalue weighted by atomic mass is 10.2. The third-order valence-corrected chi connectivity index (χ3v) is 4.39. The fourth-order valence-corrected chi connectivity index (χ4v) is 3.03. The monoisotopic (exact) mass is 321 g/mol. The summed E-state index contributed by atoms with van der Waals surface area (Å²) < 4.78 is 0. The predicted molar refractivity (Wildman–Crippen MR) is 91.7 cm³/mol. The van der Waals surface area contributed by atoms with Gasteiger partial charge in [-0.1, -0.05) is 35.3 Å². The first-order valence-electron chi connectivity index (χ1n) is 6.94. The number of para-hydroxylation sites is 1. The average molecular weight is 322 g/mol. The number of nitrogens with zero attached hydrogens (tertiary/aromatic N) is 2. The van der Waals surface area contributed by atoms with Gasteiger partial charge in [0.25, 0.3) is 0 Å². The Kier molecular flexibility index (Phi) is 4.13. The third kappa shape index (κ3) is 3.04. The van der Waals surface area contributed by atoms with E-state index in [1.54, 1.807) is 0 Å². The van der Waals surface area contributed by atoms with Gasteiger partial charge in [-0.2, -0.15) is 0 Å². The number of nitrogens with two attached hydrogens (primary N) is 1. The van der Waals surface area contributed by atoms with Gasteiger partial charge < -0.3 is 15.5 Å². The lowest BCUT2D eigenvalue weighted by Gasteiger charge is -2.38. The van der Waals surface area contributed by atoms with E-state index in [-0.39, 0.29) is 0 Å². The number of halogens is 2. The molecule has 21 heavy (non-hydrogen) atoms. The second-order valence-electron chi connectivity index (χ2n) is 5.13. The molecule has 5 heteroatoms. The van der Waals surface area contributed by atoms with Gasteiger partial charge in [0, 0.05) is 36.9 Å². The normalized spacial score (nSPS) is 15.3. The number of benzene rings is 2. The first-order chi connectivity index (χ1) is 10.1. The van der Waals surface area contributed by atoms with E-state index in [0.29, 0.717) is 10.7 Å². The SMILES string of the molecule is Nc1c(Cl)cccc1N1CCN(c2cccc(Cl)c2)CC1. The Morgan fingerprint density at radius 3 is 2.24 bits per heavy atom. The third-order valence-electron chi connectivity index (χ3n) is 3.82. The molecule has 0 amide bonds. The largest absolute Gasteiger partial charge is 0.396 e. The van der Waals surface area contributed by atoms with Crippen LogP contribution >= 0.6 is 23.2 Å². The highest BCUT2D eigenvalue weighted by atomic mass is 35.5. The summed E-state index contributed by atoms with van der Waals surface area (Å²) in [7, 11) is 0. The van der Waals surface area contributed by atoms with Gasteiger partial charge in [0.05, 0.1) is 16.4 Å². The minimum absolute atomic E-state index is 0.616. The van der Waals surface area contributed by atoms with Crippen molar-refractivity contribution in [2.75, 3.05) is 41.7 Å². The molecule has 3 nitrogen and oxygen atoms in total. The van der Waals surface area contributed by atoms with Crippen molar-refractivity contribution in [1.29, 1.82) is 0 Å². The van der Waals surface area contributed by atoms with Gasteiger partial charge in [0.15, 0.2) is 0 Å². The summed E-state index contributed by atoms with van der Waals surface area (Å²) in [5.41, 5.74) is 8.93. The van der Waals surface area contributed by atoms with Gasteiger partial charge >= 0.3 is 0 Å². The summed E-state index contributed by atoms with van der Waals surface area (Å²) in [5.74, 6) is 0.